The van der Waals surface area contributed by atoms with Gasteiger partial charge in [-0.15, -0.1) is 11.3 Å². The largest absolute Gasteiger partial charge is 0.493 e. The van der Waals surface area contributed by atoms with Crippen molar-refractivity contribution in [3.63, 3.8) is 0 Å². The van der Waals surface area contributed by atoms with Gasteiger partial charge in [-0.05, 0) is 53.1 Å². The quantitative estimate of drug-likeness (QED) is 0.174. The first-order valence-corrected chi connectivity index (χ1v) is 13.5. The molecule has 0 aliphatic heterocycles. The van der Waals surface area contributed by atoms with Crippen molar-refractivity contribution >= 4 is 49.6 Å². The number of fused-ring (bicyclic) bond motifs is 1. The molecule has 39 heavy (non-hydrogen) atoms. The highest BCUT2D eigenvalue weighted by Gasteiger charge is 2.12. The van der Waals surface area contributed by atoms with Crippen molar-refractivity contribution in [1.82, 2.24) is 15.0 Å². The average Bonchev–Trinajstić information content (AvgIpc) is 3.40. The van der Waals surface area contributed by atoms with Gasteiger partial charge in [-0.3, -0.25) is 14.2 Å². The number of halogens is 1. The first-order valence-electron chi connectivity index (χ1n) is 11.9. The number of aromatic nitrogens is 2. The number of ether oxygens (including phenoxy) is 2. The minimum absolute atomic E-state index is 0.207. The van der Waals surface area contributed by atoms with E-state index in [1.54, 1.807) is 25.3 Å². The van der Waals surface area contributed by atoms with Crippen LogP contribution in [0.5, 0.6) is 11.5 Å². The van der Waals surface area contributed by atoms with Crippen molar-refractivity contribution in [3.8, 4) is 21.9 Å². The number of hydrazone groups is 1. The number of hydrogen-bond acceptors (Lipinski definition) is 7. The first-order chi connectivity index (χ1) is 19.0. The molecule has 0 saturated heterocycles. The smallest absolute Gasteiger partial charge is 0.262 e. The van der Waals surface area contributed by atoms with Crippen molar-refractivity contribution in [2.45, 2.75) is 13.2 Å². The number of benzene rings is 3. The molecule has 0 spiro atoms. The standard InChI is InChI=1S/C29H23BrN4O4S/c1-37-25-13-20(9-12-24(25)38-17-19-7-10-22(30)11-8-19)15-32-33-27(35)16-34-18-31-28-23(29(34)36)14-26(39-28)21-5-3-2-4-6-21/h2-15,18H,16-17H2,1H3,(H,33,35)/b32-15-. The predicted octanol–water partition coefficient (Wildman–Crippen LogP) is 5.63. The van der Waals surface area contributed by atoms with Crippen LogP contribution in [0.4, 0.5) is 0 Å². The molecule has 10 heteroatoms. The Morgan fingerprint density at radius 3 is 2.64 bits per heavy atom. The maximum absolute atomic E-state index is 12.9. The monoisotopic (exact) mass is 602 g/mol. The molecule has 3 aromatic carbocycles. The number of nitrogens with one attached hydrogen (secondary N) is 1. The fraction of sp³-hybridized carbons (Fsp3) is 0.103. The van der Waals surface area contributed by atoms with Gasteiger partial charge in [0, 0.05) is 9.35 Å². The van der Waals surface area contributed by atoms with E-state index in [2.05, 4.69) is 31.4 Å². The van der Waals surface area contributed by atoms with Crippen molar-refractivity contribution in [1.29, 1.82) is 0 Å². The summed E-state index contributed by atoms with van der Waals surface area (Å²) in [7, 11) is 1.56. The molecule has 0 atom stereocenters. The summed E-state index contributed by atoms with van der Waals surface area (Å²) in [6.07, 6.45) is 2.88. The third-order valence-electron chi connectivity index (χ3n) is 5.79. The number of amides is 1. The second kappa shape index (κ2) is 12.1. The summed E-state index contributed by atoms with van der Waals surface area (Å²) in [5.74, 6) is 0.682. The van der Waals surface area contributed by atoms with Gasteiger partial charge in [0.15, 0.2) is 11.5 Å². The molecule has 2 heterocycles. The van der Waals surface area contributed by atoms with Crippen LogP contribution in [-0.2, 0) is 17.9 Å². The molecule has 2 aromatic heterocycles. The molecule has 0 aliphatic rings. The van der Waals surface area contributed by atoms with E-state index in [9.17, 15) is 9.59 Å². The number of carbonyl (C=O) groups is 1. The van der Waals surface area contributed by atoms with E-state index in [0.29, 0.717) is 33.9 Å². The van der Waals surface area contributed by atoms with Gasteiger partial charge in [0.1, 0.15) is 18.0 Å². The molecule has 0 fully saturated rings. The molecule has 1 amide bonds. The van der Waals surface area contributed by atoms with Crippen LogP contribution < -0.4 is 20.5 Å². The highest BCUT2D eigenvalue weighted by Crippen LogP contribution is 2.31. The Bertz CT molecular complexity index is 1700. The molecule has 5 rings (SSSR count). The Morgan fingerprint density at radius 1 is 1.08 bits per heavy atom. The Morgan fingerprint density at radius 2 is 1.87 bits per heavy atom. The molecular weight excluding hydrogens is 580 g/mol. The molecule has 0 unspecified atom stereocenters. The van der Waals surface area contributed by atoms with E-state index in [4.69, 9.17) is 9.47 Å². The molecule has 1 N–H and O–H groups in total. The van der Waals surface area contributed by atoms with Crippen molar-refractivity contribution in [3.05, 3.63) is 111 Å². The second-order valence-corrected chi connectivity index (χ2v) is 10.4. The fourth-order valence-electron chi connectivity index (χ4n) is 3.81. The number of thiophene rings is 1. The third-order valence-corrected chi connectivity index (χ3v) is 7.41. The lowest BCUT2D eigenvalue weighted by atomic mass is 10.2. The van der Waals surface area contributed by atoms with Crippen LogP contribution in [0.25, 0.3) is 20.7 Å². The number of hydrogen-bond donors (Lipinski definition) is 1. The van der Waals surface area contributed by atoms with Gasteiger partial charge >= 0.3 is 0 Å². The lowest BCUT2D eigenvalue weighted by Crippen LogP contribution is -2.29. The Balaban J connectivity index is 1.21. The lowest BCUT2D eigenvalue weighted by Gasteiger charge is -2.11. The number of nitrogens with zero attached hydrogens (tertiary/aromatic N) is 3. The maximum atomic E-state index is 12.9. The molecule has 0 radical (unpaired) electrons. The van der Waals surface area contributed by atoms with E-state index in [1.807, 2.05) is 60.7 Å². The first kappa shape index (κ1) is 26.3. The van der Waals surface area contributed by atoms with Gasteiger partial charge in [-0.25, -0.2) is 10.4 Å². The van der Waals surface area contributed by atoms with Gasteiger partial charge in [0.2, 0.25) is 0 Å². The van der Waals surface area contributed by atoms with Crippen molar-refractivity contribution in [2.75, 3.05) is 7.11 Å². The molecular formula is C29H23BrN4O4S. The second-order valence-electron chi connectivity index (χ2n) is 8.49. The summed E-state index contributed by atoms with van der Waals surface area (Å²) in [5, 5.41) is 4.50. The highest BCUT2D eigenvalue weighted by atomic mass is 79.9. The van der Waals surface area contributed by atoms with Crippen LogP contribution in [0.3, 0.4) is 0 Å². The minimum Gasteiger partial charge on any atom is -0.493 e. The van der Waals surface area contributed by atoms with Crippen LogP contribution >= 0.6 is 27.3 Å². The van der Waals surface area contributed by atoms with Gasteiger partial charge in [0.05, 0.1) is 25.0 Å². The summed E-state index contributed by atoms with van der Waals surface area (Å²) >= 11 is 4.86. The van der Waals surface area contributed by atoms with E-state index in [0.717, 1.165) is 20.5 Å². The van der Waals surface area contributed by atoms with Gasteiger partial charge in [-0.2, -0.15) is 5.10 Å². The number of carbonyl (C=O) groups excluding carboxylic acids is 1. The predicted molar refractivity (Wildman–Crippen MR) is 157 cm³/mol. The van der Waals surface area contributed by atoms with Crippen molar-refractivity contribution < 1.29 is 14.3 Å². The molecule has 196 valence electrons. The number of methoxy groups -OCH3 is 1. The molecule has 0 aliphatic carbocycles. The molecule has 0 saturated carbocycles. The summed E-state index contributed by atoms with van der Waals surface area (Å²) in [6.45, 7) is 0.188. The third kappa shape index (κ3) is 6.42. The van der Waals surface area contributed by atoms with Crippen LogP contribution in [0, 0.1) is 0 Å². The fourth-order valence-corrected chi connectivity index (χ4v) is 5.07. The molecule has 5 aromatic rings. The molecule has 0 bridgehead atoms. The zero-order chi connectivity index (χ0) is 27.2. The van der Waals surface area contributed by atoms with Crippen LogP contribution in [-0.4, -0.2) is 28.8 Å². The lowest BCUT2D eigenvalue weighted by molar-refractivity contribution is -0.121. The van der Waals surface area contributed by atoms with Crippen LogP contribution in [0.15, 0.2) is 99.6 Å². The Hall–Kier alpha value is -4.28. The SMILES string of the molecule is COc1cc(/C=N\NC(=O)Cn2cnc3sc(-c4ccccc4)cc3c2=O)ccc1OCc1ccc(Br)cc1. The van der Waals surface area contributed by atoms with Crippen LogP contribution in [0.2, 0.25) is 0 Å². The van der Waals surface area contributed by atoms with Crippen molar-refractivity contribution in [2.24, 2.45) is 5.10 Å². The Labute approximate surface area is 236 Å². The molecule has 8 nitrogen and oxygen atoms in total. The van der Waals surface area contributed by atoms with E-state index >= 15 is 0 Å². The van der Waals surface area contributed by atoms with E-state index < -0.39 is 5.91 Å². The zero-order valence-corrected chi connectivity index (χ0v) is 23.2. The number of rotatable bonds is 9. The maximum Gasteiger partial charge on any atom is 0.262 e. The summed E-state index contributed by atoms with van der Waals surface area (Å²) in [4.78, 5) is 31.4. The van der Waals surface area contributed by atoms with E-state index in [-0.39, 0.29) is 12.1 Å². The summed E-state index contributed by atoms with van der Waals surface area (Å²) in [6, 6.07) is 24.8. The summed E-state index contributed by atoms with van der Waals surface area (Å²) < 4.78 is 13.6. The zero-order valence-electron chi connectivity index (χ0n) is 20.8. The Kier molecular flexibility index (Phi) is 8.14. The topological polar surface area (TPSA) is 94.8 Å². The van der Waals surface area contributed by atoms with Crippen LogP contribution in [0.1, 0.15) is 11.1 Å². The van der Waals surface area contributed by atoms with E-state index in [1.165, 1.54) is 28.4 Å². The summed E-state index contributed by atoms with van der Waals surface area (Å²) in [5.41, 5.74) is 4.92. The normalized spacial score (nSPS) is 11.1. The average molecular weight is 603 g/mol. The van der Waals surface area contributed by atoms with Gasteiger partial charge in [-0.1, -0.05) is 58.4 Å². The van der Waals surface area contributed by atoms with Gasteiger partial charge in [0.25, 0.3) is 11.5 Å². The van der Waals surface area contributed by atoms with Gasteiger partial charge < -0.3 is 9.47 Å². The highest BCUT2D eigenvalue weighted by molar-refractivity contribution is 9.10. The minimum atomic E-state index is -0.450.